The topological polar surface area (TPSA) is 102 Å². The maximum Gasteiger partial charge on any atom is 0.340 e. The number of methoxy groups -OCH3 is 1. The molecule has 3 aromatic rings. The molecule has 0 amide bonds. The molecule has 5 rings (SSSR count). The van der Waals surface area contributed by atoms with E-state index in [0.717, 1.165) is 47.0 Å². The number of carbonyl (C=O) groups excluding carboxylic acids is 1. The van der Waals surface area contributed by atoms with Crippen molar-refractivity contribution in [3.63, 3.8) is 0 Å². The number of anilines is 2. The van der Waals surface area contributed by atoms with Crippen molar-refractivity contribution in [2.24, 2.45) is 0 Å². The molecule has 8 nitrogen and oxygen atoms in total. The second-order valence-corrected chi connectivity index (χ2v) is 13.6. The average molecular weight is 537 g/mol. The van der Waals surface area contributed by atoms with Gasteiger partial charge < -0.3 is 14.8 Å². The van der Waals surface area contributed by atoms with Crippen molar-refractivity contribution in [2.45, 2.75) is 82.6 Å². The van der Waals surface area contributed by atoms with Crippen LogP contribution in [0.3, 0.4) is 0 Å². The minimum absolute atomic E-state index is 0.122. The Morgan fingerprint density at radius 3 is 2.50 bits per heavy atom. The molecule has 1 aliphatic heterocycles. The molecule has 0 saturated heterocycles. The Morgan fingerprint density at radius 2 is 1.87 bits per heavy atom. The fraction of sp³-hybridized carbons (Fsp3) is 0.483. The number of nitrogens with zero attached hydrogens (tertiary/aromatic N) is 2. The van der Waals surface area contributed by atoms with Crippen LogP contribution in [0.4, 0.5) is 11.6 Å². The summed E-state index contributed by atoms with van der Waals surface area (Å²) in [6, 6.07) is 9.38. The molecule has 2 aromatic heterocycles. The zero-order valence-corrected chi connectivity index (χ0v) is 23.9. The summed E-state index contributed by atoms with van der Waals surface area (Å²) in [5.74, 6) is 1.63. The molecule has 0 radical (unpaired) electrons. The molecule has 2 atom stereocenters. The van der Waals surface area contributed by atoms with Crippen molar-refractivity contribution in [2.75, 3.05) is 12.4 Å². The Kier molecular flexibility index (Phi) is 6.51. The number of ether oxygens (including phenoxy) is 2. The van der Waals surface area contributed by atoms with Crippen molar-refractivity contribution < 1.29 is 18.5 Å². The first kappa shape index (κ1) is 26.6. The molecular weight excluding hydrogens is 500 g/mol. The number of aromatic nitrogens is 2. The molecule has 0 bridgehead atoms. The zero-order valence-electron chi connectivity index (χ0n) is 23.1. The van der Waals surface area contributed by atoms with Crippen molar-refractivity contribution in [1.29, 1.82) is 0 Å². The van der Waals surface area contributed by atoms with Crippen LogP contribution in [0.25, 0.3) is 10.8 Å². The quantitative estimate of drug-likeness (QED) is 0.364. The summed E-state index contributed by atoms with van der Waals surface area (Å²) in [7, 11) is 0.414. The molecule has 1 aliphatic carbocycles. The fourth-order valence-corrected chi connectivity index (χ4v) is 6.19. The molecule has 38 heavy (non-hydrogen) atoms. The van der Waals surface area contributed by atoms with E-state index in [4.69, 9.17) is 14.5 Å². The molecule has 1 saturated carbocycles. The van der Waals surface area contributed by atoms with Gasteiger partial charge in [-0.3, -0.25) is 0 Å². The number of pyridine rings is 2. The molecule has 2 N–H and O–H groups in total. The van der Waals surface area contributed by atoms with E-state index in [9.17, 15) is 9.00 Å². The predicted molar refractivity (Wildman–Crippen MR) is 150 cm³/mol. The minimum Gasteiger partial charge on any atom is -0.496 e. The van der Waals surface area contributed by atoms with E-state index >= 15 is 0 Å². The average Bonchev–Trinajstić information content (AvgIpc) is 3.67. The van der Waals surface area contributed by atoms with Gasteiger partial charge in [-0.1, -0.05) is 13.0 Å². The maximum absolute atomic E-state index is 12.9. The summed E-state index contributed by atoms with van der Waals surface area (Å²) in [6.45, 7) is 11.9. The van der Waals surface area contributed by atoms with Crippen molar-refractivity contribution in [3.05, 3.63) is 53.3 Å². The summed E-state index contributed by atoms with van der Waals surface area (Å²) >= 11 is 0. The first-order chi connectivity index (χ1) is 17.9. The van der Waals surface area contributed by atoms with Gasteiger partial charge in [-0.05, 0) is 89.1 Å². The van der Waals surface area contributed by atoms with Crippen LogP contribution in [0.1, 0.15) is 88.5 Å². The number of esters is 1. The lowest BCUT2D eigenvalue weighted by Crippen LogP contribution is -2.46. The monoisotopic (exact) mass is 536 g/mol. The van der Waals surface area contributed by atoms with Gasteiger partial charge in [0, 0.05) is 17.6 Å². The van der Waals surface area contributed by atoms with E-state index in [0.29, 0.717) is 17.2 Å². The lowest BCUT2D eigenvalue weighted by molar-refractivity contribution is -0.0285. The smallest absolute Gasteiger partial charge is 0.340 e. The molecule has 202 valence electrons. The van der Waals surface area contributed by atoms with Gasteiger partial charge in [0.2, 0.25) is 0 Å². The number of hydrogen-bond donors (Lipinski definition) is 2. The Balaban J connectivity index is 1.53. The third-order valence-corrected chi connectivity index (χ3v) is 9.39. The molecule has 1 fully saturated rings. The molecule has 1 aromatic carbocycles. The van der Waals surface area contributed by atoms with Crippen LogP contribution in [-0.4, -0.2) is 37.6 Å². The van der Waals surface area contributed by atoms with Gasteiger partial charge in [-0.2, -0.15) is 0 Å². The highest BCUT2D eigenvalue weighted by Crippen LogP contribution is 2.59. The van der Waals surface area contributed by atoms with Crippen LogP contribution in [0, 0.1) is 0 Å². The van der Waals surface area contributed by atoms with Crippen molar-refractivity contribution in [1.82, 2.24) is 14.7 Å². The van der Waals surface area contributed by atoms with Crippen LogP contribution < -0.4 is 14.8 Å². The predicted octanol–water partition coefficient (Wildman–Crippen LogP) is 5.87. The van der Waals surface area contributed by atoms with Crippen LogP contribution in [0.15, 0.2) is 36.5 Å². The second-order valence-electron chi connectivity index (χ2n) is 11.6. The lowest BCUT2D eigenvalue weighted by Gasteiger charge is -2.39. The number of carbonyl (C=O) groups is 1. The highest BCUT2D eigenvalue weighted by Gasteiger charge is 2.63. The summed E-state index contributed by atoms with van der Waals surface area (Å²) in [5.41, 5.74) is 1.52. The number of cyclic esters (lactones) is 1. The van der Waals surface area contributed by atoms with Gasteiger partial charge in [0.05, 0.1) is 39.5 Å². The minimum atomic E-state index is -1.23. The third kappa shape index (κ3) is 4.45. The van der Waals surface area contributed by atoms with Gasteiger partial charge >= 0.3 is 5.97 Å². The molecule has 0 unspecified atom stereocenters. The summed E-state index contributed by atoms with van der Waals surface area (Å²) < 4.78 is 27.2. The highest BCUT2D eigenvalue weighted by atomic mass is 32.2. The van der Waals surface area contributed by atoms with Crippen LogP contribution >= 0.6 is 0 Å². The second kappa shape index (κ2) is 9.31. The molecule has 1 spiro atoms. The number of benzene rings is 1. The first-order valence-electron chi connectivity index (χ1n) is 13.1. The van der Waals surface area contributed by atoms with Crippen molar-refractivity contribution in [3.8, 4) is 5.75 Å². The molecule has 2 aliphatic rings. The Morgan fingerprint density at radius 1 is 1.13 bits per heavy atom. The van der Waals surface area contributed by atoms with Gasteiger partial charge in [-0.25, -0.2) is 23.7 Å². The van der Waals surface area contributed by atoms with E-state index in [-0.39, 0.29) is 22.2 Å². The molecular formula is C29H36N4O4S. The SMILES string of the molecule is CC[C@H](N[S@@](=O)C(C)(C)C)c1ccc(OC)c2cnc(Nc3ccc4c(n3)C3(CC3)C(C)(C)OC4=O)cc12. The van der Waals surface area contributed by atoms with Crippen molar-refractivity contribution >= 4 is 39.4 Å². The standard InChI is InChI=1S/C29H36N4O4S/c1-8-21(33-38(35)27(2,3)4)17-9-11-22(36-7)20-16-30-24(15-19(17)20)31-23-12-10-18-25(32-23)29(13-14-29)28(5,6)37-26(18)34/h9-12,15-16,21,33H,8,13-14H2,1-7H3,(H,30,31,32)/t21-,38-/m0/s1. The fourth-order valence-electron chi connectivity index (χ4n) is 5.28. The zero-order chi connectivity index (χ0) is 27.5. The number of rotatable bonds is 7. The lowest BCUT2D eigenvalue weighted by atomic mass is 9.80. The summed E-state index contributed by atoms with van der Waals surface area (Å²) in [5, 5.41) is 5.17. The molecule has 9 heteroatoms. The normalized spacial score (nSPS) is 19.0. The van der Waals surface area contributed by atoms with E-state index in [2.05, 4.69) is 21.9 Å². The van der Waals surface area contributed by atoms with Crippen LogP contribution in [0.2, 0.25) is 0 Å². The Bertz CT molecular complexity index is 1440. The van der Waals surface area contributed by atoms with Gasteiger partial charge in [-0.15, -0.1) is 0 Å². The van der Waals surface area contributed by atoms with Gasteiger partial charge in [0.1, 0.15) is 23.0 Å². The summed E-state index contributed by atoms with van der Waals surface area (Å²) in [6.07, 6.45) is 4.42. The number of nitrogens with one attached hydrogen (secondary N) is 2. The van der Waals surface area contributed by atoms with Crippen LogP contribution in [-0.2, 0) is 21.1 Å². The van der Waals surface area contributed by atoms with Gasteiger partial charge in [0.25, 0.3) is 0 Å². The van der Waals surface area contributed by atoms with E-state index < -0.39 is 16.6 Å². The Labute approximate surface area is 226 Å². The largest absolute Gasteiger partial charge is 0.496 e. The maximum atomic E-state index is 12.9. The third-order valence-electron chi connectivity index (χ3n) is 7.78. The van der Waals surface area contributed by atoms with E-state index in [1.165, 1.54) is 0 Å². The first-order valence-corrected chi connectivity index (χ1v) is 14.2. The van der Waals surface area contributed by atoms with Crippen LogP contribution in [0.5, 0.6) is 5.75 Å². The van der Waals surface area contributed by atoms with E-state index in [1.807, 2.05) is 52.8 Å². The summed E-state index contributed by atoms with van der Waals surface area (Å²) in [4.78, 5) is 22.2. The molecule has 3 heterocycles. The number of fused-ring (bicyclic) bond motifs is 3. The highest BCUT2D eigenvalue weighted by molar-refractivity contribution is 7.84. The van der Waals surface area contributed by atoms with E-state index in [1.54, 1.807) is 25.4 Å². The van der Waals surface area contributed by atoms with Gasteiger partial charge in [0.15, 0.2) is 0 Å². The number of hydrogen-bond acceptors (Lipinski definition) is 7. The Hall–Kier alpha value is -3.04.